The fraction of sp³-hybridized carbons (Fsp3) is 0.800. The Labute approximate surface area is 88.7 Å². The highest BCUT2D eigenvalue weighted by Gasteiger charge is 2.41. The molecule has 1 atom stereocenters. The lowest BCUT2D eigenvalue weighted by Gasteiger charge is -2.25. The zero-order valence-electron chi connectivity index (χ0n) is 8.90. The van der Waals surface area contributed by atoms with Crippen molar-refractivity contribution in [2.75, 3.05) is 20.1 Å². The summed E-state index contributed by atoms with van der Waals surface area (Å²) >= 11 is 0. The minimum atomic E-state index is -1.06. The average molecular weight is 215 g/mol. The van der Waals surface area contributed by atoms with E-state index in [1.807, 2.05) is 11.9 Å². The second kappa shape index (κ2) is 4.61. The lowest BCUT2D eigenvalue weighted by Crippen LogP contribution is -2.34. The van der Waals surface area contributed by atoms with Crippen LogP contribution in [0, 0.1) is 5.41 Å². The highest BCUT2D eigenvalue weighted by Crippen LogP contribution is 2.35. The van der Waals surface area contributed by atoms with E-state index in [1.165, 1.54) is 0 Å². The van der Waals surface area contributed by atoms with Gasteiger partial charge in [-0.05, 0) is 39.4 Å². The molecule has 0 saturated carbocycles. The summed E-state index contributed by atoms with van der Waals surface area (Å²) < 4.78 is 0. The van der Waals surface area contributed by atoms with Crippen LogP contribution in [0.3, 0.4) is 0 Å². The first-order valence-corrected chi connectivity index (χ1v) is 5.10. The fourth-order valence-electron chi connectivity index (χ4n) is 2.08. The number of nitrogens with zero attached hydrogens (tertiary/aromatic N) is 1. The summed E-state index contributed by atoms with van der Waals surface area (Å²) in [6, 6.07) is 0. The summed E-state index contributed by atoms with van der Waals surface area (Å²) in [5.41, 5.74) is -1.06. The van der Waals surface area contributed by atoms with Gasteiger partial charge in [-0.3, -0.25) is 9.59 Å². The van der Waals surface area contributed by atoms with Crippen molar-refractivity contribution in [2.24, 2.45) is 5.41 Å². The molecule has 1 heterocycles. The van der Waals surface area contributed by atoms with Crippen LogP contribution in [0.15, 0.2) is 0 Å². The number of rotatable bonds is 3. The summed E-state index contributed by atoms with van der Waals surface area (Å²) in [5.74, 6) is -2.00. The molecule has 0 spiro atoms. The number of aliphatic carboxylic acids is 2. The van der Waals surface area contributed by atoms with Gasteiger partial charge in [0.15, 0.2) is 0 Å². The molecule has 0 bridgehead atoms. The number of carboxylic acid groups (broad SMARTS) is 2. The Kier molecular flexibility index (Phi) is 3.68. The van der Waals surface area contributed by atoms with Crippen LogP contribution in [0.25, 0.3) is 0 Å². The summed E-state index contributed by atoms with van der Waals surface area (Å²) in [7, 11) is 1.93. The molecule has 1 saturated heterocycles. The minimum absolute atomic E-state index is 0.268. The SMILES string of the molecule is CN1CCCC(CC(=O)O)(C(=O)O)CC1. The van der Waals surface area contributed by atoms with Crippen LogP contribution in [0.1, 0.15) is 25.7 Å². The third-order valence-electron chi connectivity index (χ3n) is 3.11. The van der Waals surface area contributed by atoms with Crippen LogP contribution in [-0.4, -0.2) is 47.2 Å². The molecule has 1 rings (SSSR count). The molecule has 15 heavy (non-hydrogen) atoms. The van der Waals surface area contributed by atoms with Gasteiger partial charge in [-0.25, -0.2) is 0 Å². The fourth-order valence-corrected chi connectivity index (χ4v) is 2.08. The smallest absolute Gasteiger partial charge is 0.310 e. The average Bonchev–Trinajstić information content (AvgIpc) is 2.28. The molecule has 1 aliphatic heterocycles. The standard InChI is InChI=1S/C10H17NO4/c1-11-5-2-3-10(4-6-11,9(14)15)7-8(12)13/h2-7H2,1H3,(H,12,13)(H,14,15). The Morgan fingerprint density at radius 3 is 2.47 bits per heavy atom. The van der Waals surface area contributed by atoms with E-state index in [9.17, 15) is 9.59 Å². The number of hydrogen-bond donors (Lipinski definition) is 2. The molecule has 5 nitrogen and oxygen atoms in total. The minimum Gasteiger partial charge on any atom is -0.481 e. The maximum absolute atomic E-state index is 11.2. The Bertz CT molecular complexity index is 266. The maximum atomic E-state index is 11.2. The molecule has 1 fully saturated rings. The molecule has 1 aliphatic rings. The summed E-state index contributed by atoms with van der Waals surface area (Å²) in [5, 5.41) is 17.9. The normalized spacial score (nSPS) is 28.3. The summed E-state index contributed by atoms with van der Waals surface area (Å²) in [4.78, 5) is 23.9. The van der Waals surface area contributed by atoms with Crippen LogP contribution in [0.5, 0.6) is 0 Å². The van der Waals surface area contributed by atoms with Gasteiger partial charge in [-0.1, -0.05) is 0 Å². The third-order valence-corrected chi connectivity index (χ3v) is 3.11. The first-order valence-electron chi connectivity index (χ1n) is 5.10. The molecule has 0 aliphatic carbocycles. The Hall–Kier alpha value is -1.10. The van der Waals surface area contributed by atoms with Crippen molar-refractivity contribution in [1.29, 1.82) is 0 Å². The second-order valence-corrected chi connectivity index (χ2v) is 4.31. The molecule has 86 valence electrons. The van der Waals surface area contributed by atoms with E-state index in [0.29, 0.717) is 19.4 Å². The van der Waals surface area contributed by atoms with Crippen LogP contribution in [-0.2, 0) is 9.59 Å². The Morgan fingerprint density at radius 1 is 1.27 bits per heavy atom. The van der Waals surface area contributed by atoms with Gasteiger partial charge in [-0.2, -0.15) is 0 Å². The predicted molar refractivity (Wildman–Crippen MR) is 53.7 cm³/mol. The molecular formula is C10H17NO4. The molecule has 2 N–H and O–H groups in total. The van der Waals surface area contributed by atoms with Crippen molar-refractivity contribution in [3.8, 4) is 0 Å². The maximum Gasteiger partial charge on any atom is 0.310 e. The third kappa shape index (κ3) is 2.92. The zero-order valence-corrected chi connectivity index (χ0v) is 8.90. The van der Waals surface area contributed by atoms with Gasteiger partial charge in [0, 0.05) is 0 Å². The molecule has 0 aromatic heterocycles. The van der Waals surface area contributed by atoms with E-state index in [2.05, 4.69) is 0 Å². The lowest BCUT2D eigenvalue weighted by molar-refractivity contribution is -0.156. The van der Waals surface area contributed by atoms with Crippen molar-refractivity contribution < 1.29 is 19.8 Å². The van der Waals surface area contributed by atoms with Crippen LogP contribution in [0.4, 0.5) is 0 Å². The highest BCUT2D eigenvalue weighted by molar-refractivity contribution is 5.81. The van der Waals surface area contributed by atoms with Gasteiger partial charge in [0.1, 0.15) is 0 Å². The van der Waals surface area contributed by atoms with Crippen LogP contribution in [0.2, 0.25) is 0 Å². The van der Waals surface area contributed by atoms with Crippen LogP contribution >= 0.6 is 0 Å². The summed E-state index contributed by atoms with van der Waals surface area (Å²) in [6.07, 6.45) is 1.36. The van der Waals surface area contributed by atoms with Gasteiger partial charge in [0.25, 0.3) is 0 Å². The molecule has 0 amide bonds. The topological polar surface area (TPSA) is 77.8 Å². The number of hydrogen-bond acceptors (Lipinski definition) is 3. The van der Waals surface area contributed by atoms with Gasteiger partial charge in [0.2, 0.25) is 0 Å². The summed E-state index contributed by atoms with van der Waals surface area (Å²) in [6.45, 7) is 1.49. The molecule has 1 unspecified atom stereocenters. The molecule has 0 aromatic rings. The van der Waals surface area contributed by atoms with E-state index in [-0.39, 0.29) is 6.42 Å². The van der Waals surface area contributed by atoms with Crippen molar-refractivity contribution in [3.63, 3.8) is 0 Å². The Balaban J connectivity index is 2.80. The van der Waals surface area contributed by atoms with Gasteiger partial charge >= 0.3 is 11.9 Å². The van der Waals surface area contributed by atoms with Gasteiger partial charge in [0.05, 0.1) is 11.8 Å². The molecule has 0 radical (unpaired) electrons. The Morgan fingerprint density at radius 2 is 1.93 bits per heavy atom. The molecular weight excluding hydrogens is 198 g/mol. The monoisotopic (exact) mass is 215 g/mol. The number of carbonyl (C=O) groups is 2. The van der Waals surface area contributed by atoms with Gasteiger partial charge < -0.3 is 15.1 Å². The second-order valence-electron chi connectivity index (χ2n) is 4.31. The molecule has 0 aromatic carbocycles. The van der Waals surface area contributed by atoms with E-state index in [1.54, 1.807) is 0 Å². The van der Waals surface area contributed by atoms with E-state index in [0.717, 1.165) is 13.0 Å². The highest BCUT2D eigenvalue weighted by atomic mass is 16.4. The quantitative estimate of drug-likeness (QED) is 0.722. The van der Waals surface area contributed by atoms with E-state index in [4.69, 9.17) is 10.2 Å². The zero-order chi connectivity index (χ0) is 11.5. The van der Waals surface area contributed by atoms with Gasteiger partial charge in [-0.15, -0.1) is 0 Å². The van der Waals surface area contributed by atoms with Crippen molar-refractivity contribution in [2.45, 2.75) is 25.7 Å². The lowest BCUT2D eigenvalue weighted by atomic mass is 9.78. The van der Waals surface area contributed by atoms with Crippen molar-refractivity contribution >= 4 is 11.9 Å². The van der Waals surface area contributed by atoms with Crippen molar-refractivity contribution in [3.05, 3.63) is 0 Å². The van der Waals surface area contributed by atoms with Crippen molar-refractivity contribution in [1.82, 2.24) is 4.90 Å². The van der Waals surface area contributed by atoms with Crippen LogP contribution < -0.4 is 0 Å². The van der Waals surface area contributed by atoms with E-state index < -0.39 is 17.4 Å². The number of carboxylic acids is 2. The first kappa shape index (κ1) is 12.0. The predicted octanol–water partition coefficient (Wildman–Crippen LogP) is 0.648. The largest absolute Gasteiger partial charge is 0.481 e. The molecule has 5 heteroatoms. The first-order chi connectivity index (χ1) is 6.96. The number of likely N-dealkylation sites (tertiary alicyclic amines) is 1. The van der Waals surface area contributed by atoms with E-state index >= 15 is 0 Å².